The van der Waals surface area contributed by atoms with Crippen molar-refractivity contribution in [2.24, 2.45) is 0 Å². The Morgan fingerprint density at radius 2 is 1.73 bits per heavy atom. The first-order valence-corrected chi connectivity index (χ1v) is 9.42. The molecule has 0 spiro atoms. The number of hydrogen-bond donors (Lipinski definition) is 1. The van der Waals surface area contributed by atoms with Gasteiger partial charge < -0.3 is 14.7 Å². The average Bonchev–Trinajstić information content (AvgIpc) is 2.65. The van der Waals surface area contributed by atoms with Crippen LogP contribution in [0.1, 0.15) is 22.7 Å². The standard InChI is InChI=1S/C22H20BrNO2/c1-15-7-12-20-19(13-15)24(14-16-8-10-18(23)11-9-16)21(22(25)26-20)17-5-3-2-4-6-17/h2-13,21-22,25H,14H2,1H3. The van der Waals surface area contributed by atoms with Crippen LogP contribution in [0.4, 0.5) is 5.69 Å². The van der Waals surface area contributed by atoms with Gasteiger partial charge in [-0.3, -0.25) is 0 Å². The summed E-state index contributed by atoms with van der Waals surface area (Å²) < 4.78 is 6.90. The average molecular weight is 410 g/mol. The largest absolute Gasteiger partial charge is 0.460 e. The van der Waals surface area contributed by atoms with E-state index in [2.05, 4.69) is 46.0 Å². The first-order valence-electron chi connectivity index (χ1n) is 8.63. The van der Waals surface area contributed by atoms with Crippen molar-refractivity contribution in [1.82, 2.24) is 0 Å². The van der Waals surface area contributed by atoms with Crippen LogP contribution < -0.4 is 9.64 Å². The fourth-order valence-corrected chi connectivity index (χ4v) is 3.68. The van der Waals surface area contributed by atoms with Crippen LogP contribution in [0.2, 0.25) is 0 Å². The van der Waals surface area contributed by atoms with Gasteiger partial charge in [-0.15, -0.1) is 0 Å². The number of benzene rings is 3. The smallest absolute Gasteiger partial charge is 0.222 e. The lowest BCUT2D eigenvalue weighted by molar-refractivity contribution is -0.0472. The first-order chi connectivity index (χ1) is 12.6. The number of halogens is 1. The summed E-state index contributed by atoms with van der Waals surface area (Å²) in [7, 11) is 0. The van der Waals surface area contributed by atoms with Gasteiger partial charge in [-0.05, 0) is 47.9 Å². The van der Waals surface area contributed by atoms with E-state index < -0.39 is 6.29 Å². The van der Waals surface area contributed by atoms with Gasteiger partial charge in [0, 0.05) is 11.0 Å². The monoisotopic (exact) mass is 409 g/mol. The molecule has 0 aromatic heterocycles. The highest BCUT2D eigenvalue weighted by molar-refractivity contribution is 9.10. The third-order valence-corrected chi connectivity index (χ3v) is 5.21. The minimum Gasteiger partial charge on any atom is -0.460 e. The molecule has 4 rings (SSSR count). The van der Waals surface area contributed by atoms with Crippen LogP contribution in [-0.4, -0.2) is 11.4 Å². The van der Waals surface area contributed by atoms with E-state index in [9.17, 15) is 5.11 Å². The lowest BCUT2D eigenvalue weighted by atomic mass is 10.00. The fraction of sp³-hybridized carbons (Fsp3) is 0.182. The Hall–Kier alpha value is -2.30. The van der Waals surface area contributed by atoms with E-state index in [4.69, 9.17) is 4.74 Å². The highest BCUT2D eigenvalue weighted by Gasteiger charge is 2.36. The predicted molar refractivity (Wildman–Crippen MR) is 107 cm³/mol. The molecule has 1 aliphatic rings. The van der Waals surface area contributed by atoms with Crippen molar-refractivity contribution in [2.75, 3.05) is 4.90 Å². The molecule has 1 heterocycles. The predicted octanol–water partition coefficient (Wildman–Crippen LogP) is 5.22. The summed E-state index contributed by atoms with van der Waals surface area (Å²) in [5.74, 6) is 0.715. The van der Waals surface area contributed by atoms with Gasteiger partial charge >= 0.3 is 0 Å². The van der Waals surface area contributed by atoms with E-state index in [0.717, 1.165) is 21.3 Å². The zero-order valence-electron chi connectivity index (χ0n) is 14.5. The van der Waals surface area contributed by atoms with E-state index in [1.54, 1.807) is 0 Å². The molecule has 3 aromatic carbocycles. The number of nitrogens with zero attached hydrogens (tertiary/aromatic N) is 1. The van der Waals surface area contributed by atoms with E-state index in [1.807, 2.05) is 54.6 Å². The van der Waals surface area contributed by atoms with E-state index >= 15 is 0 Å². The lowest BCUT2D eigenvalue weighted by Gasteiger charge is -2.42. The van der Waals surface area contributed by atoms with Gasteiger partial charge in [0.25, 0.3) is 0 Å². The van der Waals surface area contributed by atoms with Gasteiger partial charge in [0.15, 0.2) is 0 Å². The third kappa shape index (κ3) is 3.35. The summed E-state index contributed by atoms with van der Waals surface area (Å²) in [5.41, 5.74) is 4.38. The Morgan fingerprint density at radius 3 is 2.46 bits per heavy atom. The number of aryl methyl sites for hydroxylation is 1. The maximum absolute atomic E-state index is 10.8. The second-order valence-electron chi connectivity index (χ2n) is 6.59. The van der Waals surface area contributed by atoms with Crippen LogP contribution >= 0.6 is 15.9 Å². The SMILES string of the molecule is Cc1ccc2c(c1)N(Cc1ccc(Br)cc1)C(c1ccccc1)C(O)O2. The van der Waals surface area contributed by atoms with Gasteiger partial charge in [0.05, 0.1) is 5.69 Å². The van der Waals surface area contributed by atoms with Crippen molar-refractivity contribution in [3.05, 3.63) is 94.0 Å². The number of anilines is 1. The number of rotatable bonds is 3. The molecular weight excluding hydrogens is 390 g/mol. The van der Waals surface area contributed by atoms with Crippen molar-refractivity contribution in [3.8, 4) is 5.75 Å². The normalized spacial score (nSPS) is 19.0. The molecule has 132 valence electrons. The van der Waals surface area contributed by atoms with E-state index in [0.29, 0.717) is 12.3 Å². The van der Waals surface area contributed by atoms with Crippen molar-refractivity contribution in [1.29, 1.82) is 0 Å². The Morgan fingerprint density at radius 1 is 1.00 bits per heavy atom. The molecule has 0 aliphatic carbocycles. The number of aliphatic hydroxyl groups is 1. The topological polar surface area (TPSA) is 32.7 Å². The molecule has 3 nitrogen and oxygen atoms in total. The molecule has 0 amide bonds. The van der Waals surface area contributed by atoms with Gasteiger partial charge in [0.1, 0.15) is 11.8 Å². The maximum Gasteiger partial charge on any atom is 0.222 e. The van der Waals surface area contributed by atoms with Crippen LogP contribution in [0.5, 0.6) is 5.75 Å². The molecule has 3 aromatic rings. The van der Waals surface area contributed by atoms with Crippen molar-refractivity contribution in [3.63, 3.8) is 0 Å². The minimum atomic E-state index is -0.928. The molecule has 2 unspecified atom stereocenters. The van der Waals surface area contributed by atoms with Crippen molar-refractivity contribution in [2.45, 2.75) is 25.8 Å². The first kappa shape index (κ1) is 17.1. The molecular formula is C22H20BrNO2. The minimum absolute atomic E-state index is 0.269. The zero-order chi connectivity index (χ0) is 18.1. The molecule has 0 fully saturated rings. The second-order valence-corrected chi connectivity index (χ2v) is 7.51. The summed E-state index contributed by atoms with van der Waals surface area (Å²) >= 11 is 3.49. The summed E-state index contributed by atoms with van der Waals surface area (Å²) in [6.45, 7) is 2.75. The van der Waals surface area contributed by atoms with Gasteiger partial charge in [-0.25, -0.2) is 0 Å². The van der Waals surface area contributed by atoms with E-state index in [-0.39, 0.29) is 6.04 Å². The Labute approximate surface area is 162 Å². The Bertz CT molecular complexity index is 896. The molecule has 1 aliphatic heterocycles. The van der Waals surface area contributed by atoms with E-state index in [1.165, 1.54) is 5.56 Å². The molecule has 26 heavy (non-hydrogen) atoms. The molecule has 1 N–H and O–H groups in total. The van der Waals surface area contributed by atoms with Crippen molar-refractivity contribution < 1.29 is 9.84 Å². The molecule has 4 heteroatoms. The molecule has 0 saturated carbocycles. The fourth-order valence-electron chi connectivity index (χ4n) is 3.41. The molecule has 0 radical (unpaired) electrons. The molecule has 2 atom stereocenters. The highest BCUT2D eigenvalue weighted by Crippen LogP contribution is 2.43. The number of aliphatic hydroxyl groups excluding tert-OH is 1. The summed E-state index contributed by atoms with van der Waals surface area (Å²) in [4.78, 5) is 2.23. The zero-order valence-corrected chi connectivity index (χ0v) is 16.1. The second kappa shape index (κ2) is 7.14. The molecule has 0 saturated heterocycles. The van der Waals surface area contributed by atoms with Gasteiger partial charge in [0.2, 0.25) is 6.29 Å². The van der Waals surface area contributed by atoms with Crippen LogP contribution in [0, 0.1) is 6.92 Å². The number of fused-ring (bicyclic) bond motifs is 1. The highest BCUT2D eigenvalue weighted by atomic mass is 79.9. The maximum atomic E-state index is 10.8. The summed E-state index contributed by atoms with van der Waals surface area (Å²) in [6.07, 6.45) is -0.928. The van der Waals surface area contributed by atoms with Crippen molar-refractivity contribution >= 4 is 21.6 Å². The summed E-state index contributed by atoms with van der Waals surface area (Å²) in [5, 5.41) is 10.8. The molecule has 0 bridgehead atoms. The Balaban J connectivity index is 1.80. The summed E-state index contributed by atoms with van der Waals surface area (Å²) in [6, 6.07) is 24.1. The van der Waals surface area contributed by atoms with Crippen LogP contribution in [0.3, 0.4) is 0 Å². The number of ether oxygens (including phenoxy) is 1. The van der Waals surface area contributed by atoms with Gasteiger partial charge in [-0.2, -0.15) is 0 Å². The van der Waals surface area contributed by atoms with Crippen LogP contribution in [0.25, 0.3) is 0 Å². The quantitative estimate of drug-likeness (QED) is 0.643. The van der Waals surface area contributed by atoms with Crippen LogP contribution in [-0.2, 0) is 6.54 Å². The van der Waals surface area contributed by atoms with Crippen LogP contribution in [0.15, 0.2) is 77.3 Å². The lowest BCUT2D eigenvalue weighted by Crippen LogP contribution is -2.43. The van der Waals surface area contributed by atoms with Gasteiger partial charge in [-0.1, -0.05) is 64.5 Å². The third-order valence-electron chi connectivity index (χ3n) is 4.68. The Kier molecular flexibility index (Phi) is 4.70. The number of hydrogen-bond acceptors (Lipinski definition) is 3.